The molecule has 0 unspecified atom stereocenters. The lowest BCUT2D eigenvalue weighted by molar-refractivity contribution is 0.279. The molecule has 0 aromatic carbocycles. The quantitative estimate of drug-likeness (QED) is 0.603. The summed E-state index contributed by atoms with van der Waals surface area (Å²) in [5.41, 5.74) is 0.598. The molecule has 0 aromatic heterocycles. The molecule has 12 heavy (non-hydrogen) atoms. The molecule has 1 rings (SSSR count). The average molecular weight is 169 g/mol. The minimum Gasteiger partial charge on any atom is -0.317 e. The van der Waals surface area contributed by atoms with E-state index in [0.29, 0.717) is 5.41 Å². The molecule has 0 spiro atoms. The van der Waals surface area contributed by atoms with Gasteiger partial charge in [0.25, 0.3) is 0 Å². The Kier molecular flexibility index (Phi) is 3.57. The lowest BCUT2D eigenvalue weighted by Gasteiger charge is -2.24. The van der Waals surface area contributed by atoms with Crippen molar-refractivity contribution in [3.8, 4) is 0 Å². The van der Waals surface area contributed by atoms with E-state index >= 15 is 0 Å². The molecule has 1 fully saturated rings. The highest BCUT2D eigenvalue weighted by molar-refractivity contribution is 4.88. The number of hydrogen-bond acceptors (Lipinski definition) is 1. The van der Waals surface area contributed by atoms with Crippen LogP contribution < -0.4 is 5.32 Å². The molecule has 0 heterocycles. The van der Waals surface area contributed by atoms with Crippen LogP contribution in [0.4, 0.5) is 0 Å². The van der Waals surface area contributed by atoms with Gasteiger partial charge in [0.15, 0.2) is 0 Å². The first-order chi connectivity index (χ1) is 5.67. The van der Waals surface area contributed by atoms with Gasteiger partial charge < -0.3 is 5.32 Å². The molecule has 1 saturated carbocycles. The van der Waals surface area contributed by atoms with Gasteiger partial charge in [0.1, 0.15) is 0 Å². The molecule has 0 saturated heterocycles. The summed E-state index contributed by atoms with van der Waals surface area (Å²) in [6.07, 6.45) is 5.54. The van der Waals surface area contributed by atoms with Crippen LogP contribution in [0.15, 0.2) is 0 Å². The van der Waals surface area contributed by atoms with Crippen LogP contribution >= 0.6 is 0 Å². The molecule has 1 aliphatic carbocycles. The van der Waals surface area contributed by atoms with E-state index in [2.05, 4.69) is 26.1 Å². The van der Waals surface area contributed by atoms with Crippen LogP contribution in [0.2, 0.25) is 0 Å². The maximum Gasteiger partial charge on any atom is -0.00437 e. The van der Waals surface area contributed by atoms with Crippen LogP contribution in [-0.2, 0) is 0 Å². The van der Waals surface area contributed by atoms with Gasteiger partial charge in [-0.2, -0.15) is 0 Å². The molecular formula is C11H23N. The van der Waals surface area contributed by atoms with E-state index in [9.17, 15) is 0 Å². The minimum absolute atomic E-state index is 0.598. The van der Waals surface area contributed by atoms with Crippen molar-refractivity contribution < 1.29 is 0 Å². The lowest BCUT2D eigenvalue weighted by Crippen LogP contribution is -2.24. The third-order valence-corrected chi connectivity index (χ3v) is 3.06. The molecule has 0 radical (unpaired) electrons. The summed E-state index contributed by atoms with van der Waals surface area (Å²) in [6.45, 7) is 9.44. The zero-order chi connectivity index (χ0) is 9.03. The van der Waals surface area contributed by atoms with Gasteiger partial charge in [-0.25, -0.2) is 0 Å². The Balaban J connectivity index is 2.04. The third kappa shape index (κ3) is 3.14. The topological polar surface area (TPSA) is 12.0 Å². The molecular weight excluding hydrogens is 146 g/mol. The van der Waals surface area contributed by atoms with Crippen LogP contribution in [-0.4, -0.2) is 13.1 Å². The van der Waals surface area contributed by atoms with Crippen molar-refractivity contribution in [2.24, 2.45) is 11.3 Å². The van der Waals surface area contributed by atoms with Crippen molar-refractivity contribution in [3.63, 3.8) is 0 Å². The van der Waals surface area contributed by atoms with E-state index in [1.165, 1.54) is 38.8 Å². The monoisotopic (exact) mass is 169 g/mol. The third-order valence-electron chi connectivity index (χ3n) is 3.06. The van der Waals surface area contributed by atoms with E-state index in [4.69, 9.17) is 0 Å². The highest BCUT2D eigenvalue weighted by Gasteiger charge is 2.36. The Morgan fingerprint density at radius 1 is 1.25 bits per heavy atom. The first-order valence-electron chi connectivity index (χ1n) is 5.37. The van der Waals surface area contributed by atoms with Crippen molar-refractivity contribution >= 4 is 0 Å². The van der Waals surface area contributed by atoms with Crippen molar-refractivity contribution in [3.05, 3.63) is 0 Å². The molecule has 72 valence electrons. The van der Waals surface area contributed by atoms with Gasteiger partial charge >= 0.3 is 0 Å². The molecule has 0 aliphatic heterocycles. The summed E-state index contributed by atoms with van der Waals surface area (Å²) in [4.78, 5) is 0. The van der Waals surface area contributed by atoms with Crippen molar-refractivity contribution in [1.29, 1.82) is 0 Å². The smallest absolute Gasteiger partial charge is 0.00437 e. The Morgan fingerprint density at radius 3 is 2.42 bits per heavy atom. The average Bonchev–Trinajstić information content (AvgIpc) is 2.80. The minimum atomic E-state index is 0.598. The summed E-state index contributed by atoms with van der Waals surface area (Å²) < 4.78 is 0. The van der Waals surface area contributed by atoms with E-state index in [1.807, 2.05) is 0 Å². The fourth-order valence-electron chi connectivity index (χ4n) is 1.78. The maximum absolute atomic E-state index is 3.47. The second-order valence-electron chi connectivity index (χ2n) is 4.76. The lowest BCUT2D eigenvalue weighted by atomic mass is 9.84. The standard InChI is InChI=1S/C11H23N/c1-4-8-12-9-7-11(2,3)10-5-6-10/h10,12H,4-9H2,1-3H3. The molecule has 0 aromatic rings. The van der Waals surface area contributed by atoms with Gasteiger partial charge in [0.05, 0.1) is 0 Å². The van der Waals surface area contributed by atoms with Crippen LogP contribution in [0.5, 0.6) is 0 Å². The highest BCUT2D eigenvalue weighted by atomic mass is 14.8. The van der Waals surface area contributed by atoms with Crippen molar-refractivity contribution in [2.75, 3.05) is 13.1 Å². The van der Waals surface area contributed by atoms with Gasteiger partial charge in [-0.1, -0.05) is 20.8 Å². The molecule has 0 atom stereocenters. The second-order valence-corrected chi connectivity index (χ2v) is 4.76. The summed E-state index contributed by atoms with van der Waals surface area (Å²) in [5.74, 6) is 1.03. The number of hydrogen-bond donors (Lipinski definition) is 1. The van der Waals surface area contributed by atoms with Crippen LogP contribution in [0.1, 0.15) is 46.5 Å². The van der Waals surface area contributed by atoms with Crippen LogP contribution in [0, 0.1) is 11.3 Å². The Labute approximate surface area is 76.9 Å². The second kappa shape index (κ2) is 4.27. The highest BCUT2D eigenvalue weighted by Crippen LogP contribution is 2.46. The molecule has 1 N–H and O–H groups in total. The summed E-state index contributed by atoms with van der Waals surface area (Å²) in [6, 6.07) is 0. The fraction of sp³-hybridized carbons (Fsp3) is 1.00. The molecule has 0 amide bonds. The fourth-order valence-corrected chi connectivity index (χ4v) is 1.78. The first-order valence-corrected chi connectivity index (χ1v) is 5.37. The number of nitrogens with one attached hydrogen (secondary N) is 1. The SMILES string of the molecule is CCCNCCC(C)(C)C1CC1. The predicted octanol–water partition coefficient (Wildman–Crippen LogP) is 2.81. The van der Waals surface area contributed by atoms with E-state index in [-0.39, 0.29) is 0 Å². The maximum atomic E-state index is 3.47. The molecule has 0 bridgehead atoms. The largest absolute Gasteiger partial charge is 0.317 e. The Hall–Kier alpha value is -0.0400. The predicted molar refractivity (Wildman–Crippen MR) is 54.3 cm³/mol. The van der Waals surface area contributed by atoms with Gasteiger partial charge in [0, 0.05) is 0 Å². The zero-order valence-corrected chi connectivity index (χ0v) is 8.82. The molecule has 1 nitrogen and oxygen atoms in total. The normalized spacial score (nSPS) is 18.2. The Bertz CT molecular complexity index is 125. The van der Waals surface area contributed by atoms with Crippen molar-refractivity contribution in [1.82, 2.24) is 5.32 Å². The zero-order valence-electron chi connectivity index (χ0n) is 8.82. The van der Waals surface area contributed by atoms with E-state index in [1.54, 1.807) is 0 Å². The van der Waals surface area contributed by atoms with Gasteiger partial charge in [-0.05, 0) is 50.1 Å². The van der Waals surface area contributed by atoms with Crippen LogP contribution in [0.25, 0.3) is 0 Å². The molecule has 1 aliphatic rings. The van der Waals surface area contributed by atoms with Crippen molar-refractivity contribution in [2.45, 2.75) is 46.5 Å². The Morgan fingerprint density at radius 2 is 1.92 bits per heavy atom. The summed E-state index contributed by atoms with van der Waals surface area (Å²) >= 11 is 0. The number of rotatable bonds is 6. The van der Waals surface area contributed by atoms with Gasteiger partial charge in [0.2, 0.25) is 0 Å². The summed E-state index contributed by atoms with van der Waals surface area (Å²) in [7, 11) is 0. The van der Waals surface area contributed by atoms with Gasteiger partial charge in [-0.3, -0.25) is 0 Å². The first kappa shape index (κ1) is 10.0. The van der Waals surface area contributed by atoms with Gasteiger partial charge in [-0.15, -0.1) is 0 Å². The molecule has 1 heteroatoms. The van der Waals surface area contributed by atoms with E-state index < -0.39 is 0 Å². The van der Waals surface area contributed by atoms with Crippen LogP contribution in [0.3, 0.4) is 0 Å². The van der Waals surface area contributed by atoms with E-state index in [0.717, 1.165) is 5.92 Å². The summed E-state index contributed by atoms with van der Waals surface area (Å²) in [5, 5.41) is 3.47.